The Hall–Kier alpha value is -1.01. The van der Waals surface area contributed by atoms with E-state index < -0.39 is 32.8 Å². The van der Waals surface area contributed by atoms with Gasteiger partial charge in [-0.15, -0.1) is 0 Å². The smallest absolute Gasteiger partial charge is 0.183 e. The Morgan fingerprint density at radius 3 is 2.35 bits per heavy atom. The average molecular weight is 303 g/mol. The third kappa shape index (κ3) is 2.72. The summed E-state index contributed by atoms with van der Waals surface area (Å²) in [7, 11) is -3.75. The van der Waals surface area contributed by atoms with Crippen LogP contribution in [-0.2, 0) is 9.84 Å². The Labute approximate surface area is 118 Å². The lowest BCUT2D eigenvalue weighted by atomic mass is 9.80. The van der Waals surface area contributed by atoms with E-state index >= 15 is 0 Å². The zero-order valence-electron chi connectivity index (χ0n) is 11.5. The molecule has 1 aromatic rings. The lowest BCUT2D eigenvalue weighted by Crippen LogP contribution is -2.49. The maximum atomic E-state index is 13.3. The molecule has 0 spiro atoms. The predicted molar refractivity (Wildman–Crippen MR) is 72.9 cm³/mol. The van der Waals surface area contributed by atoms with Crippen molar-refractivity contribution in [3.05, 3.63) is 29.8 Å². The summed E-state index contributed by atoms with van der Waals surface area (Å²) in [6.45, 7) is 3.88. The highest BCUT2D eigenvalue weighted by Crippen LogP contribution is 2.35. The standard InChI is InChI=1S/C14H19F2NO2S/c1-8-5-9(2)14(13(17)6-8)20(18,19)10-3-4-11(15)12(16)7-10/h3-4,7-9,13-14H,5-6,17H2,1-2H3. The maximum absolute atomic E-state index is 13.3. The highest BCUT2D eigenvalue weighted by molar-refractivity contribution is 7.92. The summed E-state index contributed by atoms with van der Waals surface area (Å²) in [4.78, 5) is -0.196. The minimum atomic E-state index is -3.75. The van der Waals surface area contributed by atoms with Crippen molar-refractivity contribution < 1.29 is 17.2 Å². The third-order valence-electron chi connectivity index (χ3n) is 4.01. The fourth-order valence-electron chi connectivity index (χ4n) is 3.23. The zero-order chi connectivity index (χ0) is 15.1. The molecule has 0 aliphatic heterocycles. The van der Waals surface area contributed by atoms with E-state index in [1.165, 1.54) is 0 Å². The molecular formula is C14H19F2NO2S. The summed E-state index contributed by atoms with van der Waals surface area (Å²) in [5, 5.41) is -0.747. The fraction of sp³-hybridized carbons (Fsp3) is 0.571. The number of hydrogen-bond donors (Lipinski definition) is 1. The number of rotatable bonds is 2. The van der Waals surface area contributed by atoms with Crippen molar-refractivity contribution >= 4 is 9.84 Å². The van der Waals surface area contributed by atoms with Gasteiger partial charge in [0.1, 0.15) is 0 Å². The van der Waals surface area contributed by atoms with Gasteiger partial charge in [-0.05, 0) is 42.9 Å². The van der Waals surface area contributed by atoms with Gasteiger partial charge in [-0.2, -0.15) is 0 Å². The minimum absolute atomic E-state index is 0.105. The molecule has 3 nitrogen and oxygen atoms in total. The third-order valence-corrected chi connectivity index (χ3v) is 6.45. The number of nitrogens with two attached hydrogens (primary N) is 1. The molecule has 1 fully saturated rings. The quantitative estimate of drug-likeness (QED) is 0.854. The number of hydrogen-bond acceptors (Lipinski definition) is 3. The number of sulfone groups is 1. The maximum Gasteiger partial charge on any atom is 0.183 e. The van der Waals surface area contributed by atoms with Crippen molar-refractivity contribution in [1.29, 1.82) is 0 Å². The topological polar surface area (TPSA) is 60.2 Å². The molecule has 0 bridgehead atoms. The van der Waals surface area contributed by atoms with Crippen LogP contribution < -0.4 is 5.73 Å². The first-order valence-electron chi connectivity index (χ1n) is 6.68. The van der Waals surface area contributed by atoms with Gasteiger partial charge in [-0.1, -0.05) is 13.8 Å². The van der Waals surface area contributed by atoms with Crippen LogP contribution >= 0.6 is 0 Å². The molecule has 4 atom stereocenters. The molecule has 0 saturated heterocycles. The lowest BCUT2D eigenvalue weighted by molar-refractivity contribution is 0.271. The highest BCUT2D eigenvalue weighted by atomic mass is 32.2. The van der Waals surface area contributed by atoms with E-state index in [4.69, 9.17) is 5.73 Å². The zero-order valence-corrected chi connectivity index (χ0v) is 12.3. The van der Waals surface area contributed by atoms with Crippen LogP contribution in [0.25, 0.3) is 0 Å². The molecule has 1 saturated carbocycles. The van der Waals surface area contributed by atoms with Gasteiger partial charge in [-0.3, -0.25) is 0 Å². The van der Waals surface area contributed by atoms with Crippen LogP contribution in [0.2, 0.25) is 0 Å². The number of benzene rings is 1. The fourth-order valence-corrected chi connectivity index (χ4v) is 5.37. The SMILES string of the molecule is CC1CC(C)C(S(=O)(=O)c2ccc(F)c(F)c2)C(N)C1. The van der Waals surface area contributed by atoms with Crippen molar-refractivity contribution in [2.75, 3.05) is 0 Å². The van der Waals surface area contributed by atoms with E-state index in [1.807, 2.05) is 13.8 Å². The second kappa shape index (κ2) is 5.41. The Morgan fingerprint density at radius 1 is 1.15 bits per heavy atom. The predicted octanol–water partition coefficient (Wildman–Crippen LogP) is 2.50. The van der Waals surface area contributed by atoms with Gasteiger partial charge in [-0.25, -0.2) is 17.2 Å². The van der Waals surface area contributed by atoms with Crippen LogP contribution in [-0.4, -0.2) is 19.7 Å². The molecular weight excluding hydrogens is 284 g/mol. The van der Waals surface area contributed by atoms with Crippen LogP contribution in [0.1, 0.15) is 26.7 Å². The Morgan fingerprint density at radius 2 is 1.80 bits per heavy atom. The van der Waals surface area contributed by atoms with E-state index in [0.29, 0.717) is 12.3 Å². The van der Waals surface area contributed by atoms with E-state index in [0.717, 1.165) is 24.6 Å². The summed E-state index contributed by atoms with van der Waals surface area (Å²) >= 11 is 0. The van der Waals surface area contributed by atoms with Gasteiger partial charge in [0, 0.05) is 6.04 Å². The minimum Gasteiger partial charge on any atom is -0.326 e. The molecule has 0 radical (unpaired) electrons. The van der Waals surface area contributed by atoms with Gasteiger partial charge in [0.25, 0.3) is 0 Å². The van der Waals surface area contributed by atoms with Crippen molar-refractivity contribution in [3.63, 3.8) is 0 Å². The van der Waals surface area contributed by atoms with Crippen LogP contribution in [0.15, 0.2) is 23.1 Å². The van der Waals surface area contributed by atoms with Crippen molar-refractivity contribution in [3.8, 4) is 0 Å². The highest BCUT2D eigenvalue weighted by Gasteiger charge is 2.41. The molecule has 2 rings (SSSR count). The van der Waals surface area contributed by atoms with Gasteiger partial charge in [0.05, 0.1) is 10.1 Å². The van der Waals surface area contributed by atoms with Crippen LogP contribution in [0.3, 0.4) is 0 Å². The van der Waals surface area contributed by atoms with Gasteiger partial charge < -0.3 is 5.73 Å². The van der Waals surface area contributed by atoms with Crippen LogP contribution in [0.4, 0.5) is 8.78 Å². The molecule has 1 aromatic carbocycles. The Kier molecular flexibility index (Phi) is 4.16. The van der Waals surface area contributed by atoms with E-state index in [-0.39, 0.29) is 10.8 Å². The van der Waals surface area contributed by atoms with Gasteiger partial charge in [0.15, 0.2) is 21.5 Å². The molecule has 2 N–H and O–H groups in total. The number of halogens is 2. The molecule has 1 aliphatic carbocycles. The van der Waals surface area contributed by atoms with Gasteiger partial charge >= 0.3 is 0 Å². The van der Waals surface area contributed by atoms with Crippen LogP contribution in [0, 0.1) is 23.5 Å². The van der Waals surface area contributed by atoms with E-state index in [2.05, 4.69) is 0 Å². The molecule has 0 amide bonds. The second-order valence-electron chi connectivity index (χ2n) is 5.80. The van der Waals surface area contributed by atoms with Crippen molar-refractivity contribution in [2.45, 2.75) is 42.9 Å². The Balaban J connectivity index is 2.41. The normalized spacial score (nSPS) is 31.2. The summed E-state index contributed by atoms with van der Waals surface area (Å²) < 4.78 is 51.4. The Bertz CT molecular complexity index is 591. The van der Waals surface area contributed by atoms with E-state index in [1.54, 1.807) is 0 Å². The molecule has 0 heterocycles. The van der Waals surface area contributed by atoms with Crippen LogP contribution in [0.5, 0.6) is 0 Å². The first-order valence-corrected chi connectivity index (χ1v) is 8.22. The van der Waals surface area contributed by atoms with Crippen molar-refractivity contribution in [1.82, 2.24) is 0 Å². The molecule has 4 unspecified atom stereocenters. The molecule has 112 valence electrons. The molecule has 6 heteroatoms. The van der Waals surface area contributed by atoms with E-state index in [9.17, 15) is 17.2 Å². The first kappa shape index (κ1) is 15.4. The summed E-state index contributed by atoms with van der Waals surface area (Å²) in [5.74, 6) is -1.95. The average Bonchev–Trinajstić information content (AvgIpc) is 2.30. The first-order chi connectivity index (χ1) is 9.23. The molecule has 20 heavy (non-hydrogen) atoms. The van der Waals surface area contributed by atoms with Gasteiger partial charge in [0.2, 0.25) is 0 Å². The monoisotopic (exact) mass is 303 g/mol. The summed E-state index contributed by atoms with van der Waals surface area (Å²) in [6, 6.07) is 2.20. The summed E-state index contributed by atoms with van der Waals surface area (Å²) in [6.07, 6.45) is 1.39. The lowest BCUT2D eigenvalue weighted by Gasteiger charge is -2.37. The summed E-state index contributed by atoms with van der Waals surface area (Å²) in [5.41, 5.74) is 6.00. The largest absolute Gasteiger partial charge is 0.326 e. The second-order valence-corrected chi connectivity index (χ2v) is 7.91. The van der Waals surface area contributed by atoms with Crippen molar-refractivity contribution in [2.24, 2.45) is 17.6 Å². The molecule has 0 aromatic heterocycles. The molecule has 1 aliphatic rings.